The van der Waals surface area contributed by atoms with Crippen molar-refractivity contribution < 1.29 is 19.1 Å². The molecule has 24 heavy (non-hydrogen) atoms. The van der Waals surface area contributed by atoms with Gasteiger partial charge in [0.1, 0.15) is 0 Å². The van der Waals surface area contributed by atoms with E-state index in [1.165, 1.54) is 23.4 Å². The smallest absolute Gasteiger partial charge is 0.319 e. The molecular formula is C18H22INO4. The molecule has 0 N–H and O–H groups in total. The second-order valence-corrected chi connectivity index (χ2v) is 7.74. The maximum Gasteiger partial charge on any atom is 0.319 e. The fourth-order valence-corrected chi connectivity index (χ4v) is 4.64. The molecule has 4 atom stereocenters. The minimum absolute atomic E-state index is 0.0413. The van der Waals surface area contributed by atoms with Crippen LogP contribution in [0.25, 0.3) is 0 Å². The number of ether oxygens (including phenoxy) is 2. The van der Waals surface area contributed by atoms with Crippen LogP contribution in [0.15, 0.2) is 24.3 Å². The average Bonchev–Trinajstić information content (AvgIpc) is 2.86. The van der Waals surface area contributed by atoms with Gasteiger partial charge in [-0.05, 0) is 59.5 Å². The summed E-state index contributed by atoms with van der Waals surface area (Å²) in [5.74, 6) is -0.527. The first-order valence-corrected chi connectivity index (χ1v) is 9.29. The van der Waals surface area contributed by atoms with Gasteiger partial charge in [0.05, 0.1) is 26.7 Å². The van der Waals surface area contributed by atoms with Crippen LogP contribution in [0, 0.1) is 9.49 Å². The maximum absolute atomic E-state index is 12.5. The van der Waals surface area contributed by atoms with Crippen LogP contribution in [-0.4, -0.2) is 49.7 Å². The van der Waals surface area contributed by atoms with Crippen molar-refractivity contribution >= 4 is 34.5 Å². The van der Waals surface area contributed by atoms with Gasteiger partial charge in [-0.3, -0.25) is 14.5 Å². The van der Waals surface area contributed by atoms with E-state index in [0.29, 0.717) is 6.04 Å². The molecule has 0 aromatic heterocycles. The molecule has 2 bridgehead atoms. The van der Waals surface area contributed by atoms with Gasteiger partial charge in [0.2, 0.25) is 0 Å². The zero-order valence-electron chi connectivity index (χ0n) is 13.9. The Kier molecular flexibility index (Phi) is 5.44. The first-order chi connectivity index (χ1) is 11.5. The summed E-state index contributed by atoms with van der Waals surface area (Å²) in [4.78, 5) is 26.4. The summed E-state index contributed by atoms with van der Waals surface area (Å²) in [6.45, 7) is 0.249. The van der Waals surface area contributed by atoms with Crippen LogP contribution >= 0.6 is 22.6 Å². The standard InChI is InChI=1S/C18H22INO4/c1-23-16(21)10-20-13-7-8-15(20)17(18(22)24-2)14(9-13)11-3-5-12(19)6-4-11/h3-6,13-15,17H,7-10H2,1-2H3/t13-,14+,15+,17-/m0/s1. The quantitative estimate of drug-likeness (QED) is 0.529. The largest absolute Gasteiger partial charge is 0.469 e. The van der Waals surface area contributed by atoms with E-state index in [1.54, 1.807) is 0 Å². The molecule has 0 amide bonds. The Balaban J connectivity index is 1.90. The molecule has 2 aliphatic rings. The number of nitrogens with zero attached hydrogens (tertiary/aromatic N) is 1. The Hall–Kier alpha value is -1.15. The van der Waals surface area contributed by atoms with E-state index in [1.807, 2.05) is 0 Å². The molecule has 6 heteroatoms. The molecule has 2 aliphatic heterocycles. The van der Waals surface area contributed by atoms with Crippen LogP contribution in [0.3, 0.4) is 0 Å². The lowest BCUT2D eigenvalue weighted by atomic mass is 9.76. The number of hydrogen-bond donors (Lipinski definition) is 0. The number of piperidine rings is 1. The summed E-state index contributed by atoms with van der Waals surface area (Å²) in [7, 11) is 2.85. The molecule has 0 spiro atoms. The number of halogens is 1. The van der Waals surface area contributed by atoms with E-state index in [2.05, 4.69) is 51.8 Å². The van der Waals surface area contributed by atoms with E-state index in [0.717, 1.165) is 19.3 Å². The minimum Gasteiger partial charge on any atom is -0.469 e. The van der Waals surface area contributed by atoms with Crippen molar-refractivity contribution in [1.29, 1.82) is 0 Å². The van der Waals surface area contributed by atoms with Gasteiger partial charge >= 0.3 is 11.9 Å². The van der Waals surface area contributed by atoms with E-state index < -0.39 is 0 Å². The first kappa shape index (κ1) is 17.7. The number of fused-ring (bicyclic) bond motifs is 2. The normalized spacial score (nSPS) is 29.3. The highest BCUT2D eigenvalue weighted by Crippen LogP contribution is 2.47. The van der Waals surface area contributed by atoms with Crippen LogP contribution in [0.5, 0.6) is 0 Å². The van der Waals surface area contributed by atoms with Gasteiger partial charge in [-0.1, -0.05) is 12.1 Å². The molecule has 0 aliphatic carbocycles. The number of rotatable bonds is 4. The third-order valence-corrected chi connectivity index (χ3v) is 6.09. The Labute approximate surface area is 155 Å². The lowest BCUT2D eigenvalue weighted by Gasteiger charge is -2.43. The van der Waals surface area contributed by atoms with Crippen LogP contribution in [0.2, 0.25) is 0 Å². The summed E-state index contributed by atoms with van der Waals surface area (Å²) in [5, 5.41) is 0. The number of carbonyl (C=O) groups is 2. The van der Waals surface area contributed by atoms with Crippen molar-refractivity contribution in [1.82, 2.24) is 4.90 Å². The van der Waals surface area contributed by atoms with E-state index >= 15 is 0 Å². The molecule has 3 rings (SSSR count). The lowest BCUT2D eigenvalue weighted by molar-refractivity contribution is -0.154. The molecule has 0 unspecified atom stereocenters. The molecular weight excluding hydrogens is 421 g/mol. The molecule has 130 valence electrons. The third-order valence-electron chi connectivity index (χ3n) is 5.38. The Morgan fingerprint density at radius 3 is 2.50 bits per heavy atom. The third kappa shape index (κ3) is 3.31. The summed E-state index contributed by atoms with van der Waals surface area (Å²) < 4.78 is 11.1. The molecule has 2 heterocycles. The second-order valence-electron chi connectivity index (χ2n) is 6.49. The predicted molar refractivity (Wildman–Crippen MR) is 97.6 cm³/mol. The van der Waals surface area contributed by atoms with Gasteiger partial charge in [-0.25, -0.2) is 0 Å². The van der Waals surface area contributed by atoms with Crippen LogP contribution < -0.4 is 0 Å². The number of hydrogen-bond acceptors (Lipinski definition) is 5. The number of carbonyl (C=O) groups excluding carboxylic acids is 2. The Morgan fingerprint density at radius 2 is 1.88 bits per heavy atom. The van der Waals surface area contributed by atoms with Crippen molar-refractivity contribution in [3.63, 3.8) is 0 Å². The summed E-state index contributed by atoms with van der Waals surface area (Å²) in [5.41, 5.74) is 1.18. The maximum atomic E-state index is 12.5. The van der Waals surface area contributed by atoms with Crippen molar-refractivity contribution in [2.24, 2.45) is 5.92 Å². The van der Waals surface area contributed by atoms with Crippen LogP contribution in [0.4, 0.5) is 0 Å². The first-order valence-electron chi connectivity index (χ1n) is 8.21. The highest BCUT2D eigenvalue weighted by atomic mass is 127. The van der Waals surface area contributed by atoms with Gasteiger partial charge in [0, 0.05) is 21.6 Å². The topological polar surface area (TPSA) is 55.8 Å². The molecule has 0 radical (unpaired) electrons. The number of methoxy groups -OCH3 is 2. The van der Waals surface area contributed by atoms with Crippen LogP contribution in [-0.2, 0) is 19.1 Å². The Morgan fingerprint density at radius 1 is 1.17 bits per heavy atom. The Bertz CT molecular complexity index is 618. The van der Waals surface area contributed by atoms with E-state index in [-0.39, 0.29) is 36.4 Å². The zero-order chi connectivity index (χ0) is 17.3. The van der Waals surface area contributed by atoms with Gasteiger partial charge < -0.3 is 9.47 Å². The second kappa shape index (κ2) is 7.39. The highest BCUT2D eigenvalue weighted by Gasteiger charge is 2.51. The average molecular weight is 443 g/mol. The van der Waals surface area contributed by atoms with E-state index in [4.69, 9.17) is 9.47 Å². The lowest BCUT2D eigenvalue weighted by Crippen LogP contribution is -2.52. The molecule has 2 fully saturated rings. The van der Waals surface area contributed by atoms with Crippen molar-refractivity contribution in [2.75, 3.05) is 20.8 Å². The van der Waals surface area contributed by atoms with Crippen LogP contribution in [0.1, 0.15) is 30.7 Å². The molecule has 5 nitrogen and oxygen atoms in total. The van der Waals surface area contributed by atoms with E-state index in [9.17, 15) is 9.59 Å². The minimum atomic E-state index is -0.247. The molecule has 0 saturated carbocycles. The highest BCUT2D eigenvalue weighted by molar-refractivity contribution is 14.1. The number of esters is 2. The van der Waals surface area contributed by atoms with Crippen molar-refractivity contribution in [3.05, 3.63) is 33.4 Å². The van der Waals surface area contributed by atoms with Gasteiger partial charge in [0.15, 0.2) is 0 Å². The molecule has 2 saturated heterocycles. The monoisotopic (exact) mass is 443 g/mol. The van der Waals surface area contributed by atoms with Crippen molar-refractivity contribution in [3.8, 4) is 0 Å². The summed E-state index contributed by atoms with van der Waals surface area (Å²) >= 11 is 2.28. The number of benzene rings is 1. The zero-order valence-corrected chi connectivity index (χ0v) is 16.1. The summed E-state index contributed by atoms with van der Waals surface area (Å²) in [6.07, 6.45) is 2.80. The fraction of sp³-hybridized carbons (Fsp3) is 0.556. The molecule has 1 aromatic rings. The van der Waals surface area contributed by atoms with Gasteiger partial charge in [-0.15, -0.1) is 0 Å². The fourth-order valence-electron chi connectivity index (χ4n) is 4.28. The SMILES string of the molecule is COC(=O)CN1[C@H]2CC[C@@H]1[C@@H](C(=O)OC)[C@@H](c1ccc(I)cc1)C2. The predicted octanol–water partition coefficient (Wildman–Crippen LogP) is 2.57. The molecule has 1 aromatic carbocycles. The van der Waals surface area contributed by atoms with Gasteiger partial charge in [-0.2, -0.15) is 0 Å². The van der Waals surface area contributed by atoms with Gasteiger partial charge in [0.25, 0.3) is 0 Å². The van der Waals surface area contributed by atoms with Crippen molar-refractivity contribution in [2.45, 2.75) is 37.3 Å². The summed E-state index contributed by atoms with van der Waals surface area (Å²) in [6, 6.07) is 8.73.